The molecule has 0 N–H and O–H groups in total. The third-order valence-electron chi connectivity index (χ3n) is 6.11. The summed E-state index contributed by atoms with van der Waals surface area (Å²) in [5, 5.41) is 2.09. The van der Waals surface area contributed by atoms with Gasteiger partial charge in [-0.05, 0) is 47.5 Å². The van der Waals surface area contributed by atoms with Crippen LogP contribution in [-0.2, 0) is 11.2 Å². The van der Waals surface area contributed by atoms with Gasteiger partial charge in [-0.25, -0.2) is 0 Å². The van der Waals surface area contributed by atoms with Crippen LogP contribution in [0.3, 0.4) is 0 Å². The van der Waals surface area contributed by atoms with E-state index in [9.17, 15) is 9.59 Å². The van der Waals surface area contributed by atoms with Crippen LogP contribution >= 0.6 is 11.3 Å². The van der Waals surface area contributed by atoms with Gasteiger partial charge in [-0.1, -0.05) is 37.3 Å². The first-order valence-corrected chi connectivity index (χ1v) is 12.4. The Bertz CT molecular complexity index is 1120. The number of methoxy groups -OCH3 is 2. The SMILES string of the molecule is CCCN(CC(=O)N1CCc2sccc2C1c1ccccc1)C(=O)c1cc(OC)cc(OC)c1. The van der Waals surface area contributed by atoms with Crippen molar-refractivity contribution < 1.29 is 19.1 Å². The summed E-state index contributed by atoms with van der Waals surface area (Å²) in [6.07, 6.45) is 1.58. The Hall–Kier alpha value is -3.32. The molecule has 1 atom stereocenters. The Labute approximate surface area is 204 Å². The van der Waals surface area contributed by atoms with Crippen molar-refractivity contribution in [1.82, 2.24) is 9.80 Å². The second-order valence-electron chi connectivity index (χ2n) is 8.28. The number of nitrogens with zero attached hydrogens (tertiary/aromatic N) is 2. The summed E-state index contributed by atoms with van der Waals surface area (Å²) in [6.45, 7) is 3.14. The first kappa shape index (κ1) is 23.8. The van der Waals surface area contributed by atoms with Gasteiger partial charge in [-0.3, -0.25) is 9.59 Å². The normalized spacial score (nSPS) is 14.9. The maximum atomic E-state index is 13.7. The van der Waals surface area contributed by atoms with Crippen molar-refractivity contribution in [2.45, 2.75) is 25.8 Å². The highest BCUT2D eigenvalue weighted by Gasteiger charge is 2.34. The molecule has 2 heterocycles. The van der Waals surface area contributed by atoms with E-state index in [0.29, 0.717) is 30.2 Å². The van der Waals surface area contributed by atoms with Crippen molar-refractivity contribution >= 4 is 23.2 Å². The fraction of sp³-hybridized carbons (Fsp3) is 0.333. The molecule has 0 spiro atoms. The minimum Gasteiger partial charge on any atom is -0.497 e. The van der Waals surface area contributed by atoms with Crippen molar-refractivity contribution in [3.8, 4) is 11.5 Å². The molecule has 178 valence electrons. The quantitative estimate of drug-likeness (QED) is 0.467. The van der Waals surface area contributed by atoms with Crippen molar-refractivity contribution in [2.24, 2.45) is 0 Å². The third kappa shape index (κ3) is 4.94. The van der Waals surface area contributed by atoms with Crippen LogP contribution in [-0.4, -0.2) is 55.5 Å². The Kier molecular flexibility index (Phi) is 7.53. The van der Waals surface area contributed by atoms with Crippen molar-refractivity contribution in [3.05, 3.63) is 81.5 Å². The van der Waals surface area contributed by atoms with Gasteiger partial charge in [0.2, 0.25) is 5.91 Å². The highest BCUT2D eigenvalue weighted by atomic mass is 32.1. The molecular weight excluding hydrogens is 448 g/mol. The fourth-order valence-electron chi connectivity index (χ4n) is 4.47. The number of fused-ring (bicyclic) bond motifs is 1. The van der Waals surface area contributed by atoms with E-state index in [4.69, 9.17) is 9.47 Å². The Morgan fingerprint density at radius 1 is 1.06 bits per heavy atom. The topological polar surface area (TPSA) is 59.1 Å². The second-order valence-corrected chi connectivity index (χ2v) is 9.28. The van der Waals surface area contributed by atoms with Crippen LogP contribution < -0.4 is 9.47 Å². The minimum absolute atomic E-state index is 0.0228. The van der Waals surface area contributed by atoms with Crippen molar-refractivity contribution in [1.29, 1.82) is 0 Å². The predicted molar refractivity (Wildman–Crippen MR) is 134 cm³/mol. The van der Waals surface area contributed by atoms with Crippen LogP contribution in [0.4, 0.5) is 0 Å². The number of thiophene rings is 1. The number of carbonyl (C=O) groups is 2. The lowest BCUT2D eigenvalue weighted by Gasteiger charge is -2.37. The third-order valence-corrected chi connectivity index (χ3v) is 7.10. The molecule has 34 heavy (non-hydrogen) atoms. The van der Waals surface area contributed by atoms with E-state index in [1.54, 1.807) is 48.7 Å². The molecule has 1 unspecified atom stereocenters. The molecule has 0 radical (unpaired) electrons. The van der Waals surface area contributed by atoms with Crippen LogP contribution in [0.2, 0.25) is 0 Å². The highest BCUT2D eigenvalue weighted by Crippen LogP contribution is 2.37. The zero-order valence-electron chi connectivity index (χ0n) is 19.8. The molecule has 1 aromatic heterocycles. The van der Waals surface area contributed by atoms with Crippen LogP contribution in [0, 0.1) is 0 Å². The molecule has 3 aromatic rings. The number of hydrogen-bond donors (Lipinski definition) is 0. The number of rotatable bonds is 8. The van der Waals surface area contributed by atoms with Gasteiger partial charge >= 0.3 is 0 Å². The average molecular weight is 479 g/mol. The first-order chi connectivity index (χ1) is 16.5. The molecular formula is C27H30N2O4S. The highest BCUT2D eigenvalue weighted by molar-refractivity contribution is 7.10. The van der Waals surface area contributed by atoms with Gasteiger partial charge in [-0.15, -0.1) is 11.3 Å². The summed E-state index contributed by atoms with van der Waals surface area (Å²) >= 11 is 1.74. The average Bonchev–Trinajstić information content (AvgIpc) is 3.36. The number of benzene rings is 2. The second kappa shape index (κ2) is 10.7. The van der Waals surface area contributed by atoms with Gasteiger partial charge in [0, 0.05) is 29.6 Å². The molecule has 0 saturated carbocycles. The van der Waals surface area contributed by atoms with E-state index in [1.807, 2.05) is 30.0 Å². The standard InChI is InChI=1S/C27H30N2O4S/c1-4-12-28(27(31)20-15-21(32-2)17-22(16-20)33-3)18-25(30)29-13-10-24-23(11-14-34-24)26(29)19-8-6-5-7-9-19/h5-9,11,14-17,26H,4,10,12-13,18H2,1-3H3. The van der Waals surface area contributed by atoms with Crippen LogP contribution in [0.25, 0.3) is 0 Å². The number of carbonyl (C=O) groups excluding carboxylic acids is 2. The largest absolute Gasteiger partial charge is 0.497 e. The molecule has 2 aromatic carbocycles. The van der Waals surface area contributed by atoms with Gasteiger partial charge in [-0.2, -0.15) is 0 Å². The first-order valence-electron chi connectivity index (χ1n) is 11.5. The van der Waals surface area contributed by atoms with Crippen LogP contribution in [0.5, 0.6) is 11.5 Å². The summed E-state index contributed by atoms with van der Waals surface area (Å²) in [5.41, 5.74) is 2.71. The molecule has 1 aliphatic rings. The Balaban J connectivity index is 1.61. The molecule has 4 rings (SSSR count). The van der Waals surface area contributed by atoms with E-state index in [-0.39, 0.29) is 24.4 Å². The van der Waals surface area contributed by atoms with Gasteiger partial charge in [0.05, 0.1) is 20.3 Å². The summed E-state index contributed by atoms with van der Waals surface area (Å²) in [4.78, 5) is 32.0. The molecule has 7 heteroatoms. The van der Waals surface area contributed by atoms with Crippen LogP contribution in [0.15, 0.2) is 60.0 Å². The molecule has 0 fully saturated rings. The summed E-state index contributed by atoms with van der Waals surface area (Å²) < 4.78 is 10.7. The number of amides is 2. The van der Waals surface area contributed by atoms with E-state index >= 15 is 0 Å². The lowest BCUT2D eigenvalue weighted by atomic mass is 9.93. The van der Waals surface area contributed by atoms with E-state index < -0.39 is 0 Å². The molecule has 2 amide bonds. The van der Waals surface area contributed by atoms with Gasteiger partial charge < -0.3 is 19.3 Å². The van der Waals surface area contributed by atoms with Gasteiger partial charge in [0.25, 0.3) is 5.91 Å². The Morgan fingerprint density at radius 2 is 1.76 bits per heavy atom. The molecule has 1 aliphatic heterocycles. The number of ether oxygens (including phenoxy) is 2. The van der Waals surface area contributed by atoms with E-state index in [1.165, 1.54) is 10.4 Å². The predicted octanol–water partition coefficient (Wildman–Crippen LogP) is 4.79. The molecule has 0 saturated heterocycles. The monoisotopic (exact) mass is 478 g/mol. The van der Waals surface area contributed by atoms with Crippen molar-refractivity contribution in [3.63, 3.8) is 0 Å². The fourth-order valence-corrected chi connectivity index (χ4v) is 5.37. The maximum absolute atomic E-state index is 13.7. The zero-order chi connectivity index (χ0) is 24.1. The zero-order valence-corrected chi connectivity index (χ0v) is 20.6. The van der Waals surface area contributed by atoms with Crippen LogP contribution in [0.1, 0.15) is 45.7 Å². The maximum Gasteiger partial charge on any atom is 0.254 e. The van der Waals surface area contributed by atoms with E-state index in [0.717, 1.165) is 18.4 Å². The molecule has 0 aliphatic carbocycles. The van der Waals surface area contributed by atoms with Crippen molar-refractivity contribution in [2.75, 3.05) is 33.9 Å². The number of hydrogen-bond acceptors (Lipinski definition) is 5. The van der Waals surface area contributed by atoms with E-state index in [2.05, 4.69) is 23.6 Å². The lowest BCUT2D eigenvalue weighted by Crippen LogP contribution is -2.47. The minimum atomic E-state index is -0.211. The van der Waals surface area contributed by atoms with Gasteiger partial charge in [0.15, 0.2) is 0 Å². The Morgan fingerprint density at radius 3 is 2.41 bits per heavy atom. The molecule has 0 bridgehead atoms. The molecule has 6 nitrogen and oxygen atoms in total. The van der Waals surface area contributed by atoms with Gasteiger partial charge in [0.1, 0.15) is 18.0 Å². The summed E-state index contributed by atoms with van der Waals surface area (Å²) in [5.74, 6) is 0.811. The summed E-state index contributed by atoms with van der Waals surface area (Å²) in [6, 6.07) is 17.2. The smallest absolute Gasteiger partial charge is 0.254 e. The lowest BCUT2D eigenvalue weighted by molar-refractivity contribution is -0.134. The summed E-state index contributed by atoms with van der Waals surface area (Å²) in [7, 11) is 3.10.